The van der Waals surface area contributed by atoms with Crippen molar-refractivity contribution in [3.63, 3.8) is 0 Å². The molecule has 38 heavy (non-hydrogen) atoms. The van der Waals surface area contributed by atoms with Crippen LogP contribution in [0, 0.1) is 6.92 Å². The number of nitrogens with zero attached hydrogens (tertiary/aromatic N) is 2. The molecular weight excluding hydrogens is 476 g/mol. The minimum Gasteiger partial charge on any atom is -0.461 e. The minimum absolute atomic E-state index is 0.0515. The molecule has 0 amide bonds. The number of hydrogen-bond donors (Lipinski definition) is 1. The Bertz CT molecular complexity index is 887. The van der Waals surface area contributed by atoms with E-state index in [0.29, 0.717) is 25.3 Å². The largest absolute Gasteiger partial charge is 0.461 e. The zero-order valence-corrected chi connectivity index (χ0v) is 24.5. The lowest BCUT2D eigenvalue weighted by atomic mass is 9.68. The van der Waals surface area contributed by atoms with E-state index in [1.54, 1.807) is 0 Å². The molecule has 2 rings (SSSR count). The molecule has 6 heteroatoms. The molecule has 0 spiro atoms. The quantitative estimate of drug-likeness (QED) is 0.0612. The van der Waals surface area contributed by atoms with E-state index >= 15 is 0 Å². The maximum Gasteiger partial charge on any atom is 0.362 e. The van der Waals surface area contributed by atoms with Gasteiger partial charge in [0.05, 0.1) is 6.61 Å². The van der Waals surface area contributed by atoms with Gasteiger partial charge >= 0.3 is 5.97 Å². The number of esters is 1. The third-order valence-corrected chi connectivity index (χ3v) is 7.63. The van der Waals surface area contributed by atoms with Gasteiger partial charge in [0.25, 0.3) is 0 Å². The predicted molar refractivity (Wildman–Crippen MR) is 157 cm³/mol. The van der Waals surface area contributed by atoms with Crippen molar-refractivity contribution in [2.24, 2.45) is 10.1 Å². The zero-order valence-electron chi connectivity index (χ0n) is 24.5. The summed E-state index contributed by atoms with van der Waals surface area (Å²) in [5.41, 5.74) is 3.56. The standard InChI is InChI=1S/C32H52N2O4/c1-5-8-9-10-11-12-13-14-15-22-37-23-17-24-38-31(35)30(34-36)29-27-19-16-18-26(4)28(27)32(20-6-2,21-7-3)25-33-29/h16,18-19,36H,5-15,17,20-25H2,1-4H3. The molecule has 1 heterocycles. The number of ether oxygens (including phenoxy) is 2. The summed E-state index contributed by atoms with van der Waals surface area (Å²) in [4.78, 5) is 17.7. The lowest BCUT2D eigenvalue weighted by Gasteiger charge is -2.39. The third kappa shape index (κ3) is 9.52. The van der Waals surface area contributed by atoms with Gasteiger partial charge in [0.2, 0.25) is 5.71 Å². The monoisotopic (exact) mass is 528 g/mol. The highest BCUT2D eigenvalue weighted by Crippen LogP contribution is 2.41. The molecule has 1 aliphatic rings. The van der Waals surface area contributed by atoms with Crippen molar-refractivity contribution >= 4 is 17.4 Å². The van der Waals surface area contributed by atoms with E-state index in [0.717, 1.165) is 44.3 Å². The van der Waals surface area contributed by atoms with Gasteiger partial charge in [-0.2, -0.15) is 0 Å². The number of unbranched alkanes of at least 4 members (excludes halogenated alkanes) is 8. The molecule has 0 fully saturated rings. The summed E-state index contributed by atoms with van der Waals surface area (Å²) in [6.45, 7) is 10.9. The Balaban J connectivity index is 1.79. The van der Waals surface area contributed by atoms with E-state index in [1.165, 1.54) is 62.5 Å². The van der Waals surface area contributed by atoms with E-state index in [1.807, 2.05) is 12.1 Å². The van der Waals surface area contributed by atoms with Gasteiger partial charge in [-0.1, -0.05) is 108 Å². The lowest BCUT2D eigenvalue weighted by Crippen LogP contribution is -2.40. The summed E-state index contributed by atoms with van der Waals surface area (Å²) in [6, 6.07) is 6.08. The fourth-order valence-corrected chi connectivity index (χ4v) is 5.85. The third-order valence-electron chi connectivity index (χ3n) is 7.63. The molecule has 214 valence electrons. The number of hydrogen-bond acceptors (Lipinski definition) is 6. The van der Waals surface area contributed by atoms with E-state index in [9.17, 15) is 10.0 Å². The molecule has 0 saturated heterocycles. The van der Waals surface area contributed by atoms with Gasteiger partial charge in [-0.05, 0) is 37.3 Å². The Morgan fingerprint density at radius 1 is 0.895 bits per heavy atom. The molecule has 6 nitrogen and oxygen atoms in total. The van der Waals surface area contributed by atoms with Crippen LogP contribution in [0.15, 0.2) is 28.3 Å². The summed E-state index contributed by atoms with van der Waals surface area (Å²) >= 11 is 0. The van der Waals surface area contributed by atoms with Crippen LogP contribution >= 0.6 is 0 Å². The second-order valence-electron chi connectivity index (χ2n) is 10.8. The van der Waals surface area contributed by atoms with Gasteiger partial charge in [-0.3, -0.25) is 4.99 Å². The first-order valence-corrected chi connectivity index (χ1v) is 15.2. The molecule has 0 saturated carbocycles. The van der Waals surface area contributed by atoms with E-state index in [4.69, 9.17) is 14.5 Å². The molecule has 0 aromatic heterocycles. The van der Waals surface area contributed by atoms with Crippen LogP contribution in [0.2, 0.25) is 0 Å². The van der Waals surface area contributed by atoms with Crippen molar-refractivity contribution in [1.29, 1.82) is 0 Å². The van der Waals surface area contributed by atoms with Crippen LogP contribution in [0.25, 0.3) is 0 Å². The fourth-order valence-electron chi connectivity index (χ4n) is 5.85. The first-order chi connectivity index (χ1) is 18.5. The molecule has 0 bridgehead atoms. The van der Waals surface area contributed by atoms with Gasteiger partial charge in [0.15, 0.2) is 0 Å². The molecule has 0 radical (unpaired) electrons. The van der Waals surface area contributed by atoms with Crippen LogP contribution in [0.1, 0.15) is 127 Å². The highest BCUT2D eigenvalue weighted by atomic mass is 16.5. The van der Waals surface area contributed by atoms with Crippen LogP contribution in [0.4, 0.5) is 0 Å². The van der Waals surface area contributed by atoms with E-state index in [2.05, 4.69) is 38.9 Å². The smallest absolute Gasteiger partial charge is 0.362 e. The molecule has 1 aliphatic heterocycles. The van der Waals surface area contributed by atoms with Crippen molar-refractivity contribution in [3.05, 3.63) is 34.9 Å². The number of carbonyl (C=O) groups is 1. The molecule has 1 N–H and O–H groups in total. The fraction of sp³-hybridized carbons (Fsp3) is 0.719. The summed E-state index contributed by atoms with van der Waals surface area (Å²) in [5.74, 6) is -0.642. The summed E-state index contributed by atoms with van der Waals surface area (Å²) in [5, 5.41) is 13.1. The van der Waals surface area contributed by atoms with Crippen molar-refractivity contribution in [2.75, 3.05) is 26.4 Å². The average molecular weight is 529 g/mol. The highest BCUT2D eigenvalue weighted by molar-refractivity contribution is 6.69. The number of oxime groups is 1. The van der Waals surface area contributed by atoms with Crippen molar-refractivity contribution in [1.82, 2.24) is 0 Å². The summed E-state index contributed by atoms with van der Waals surface area (Å²) in [6.07, 6.45) is 16.4. The number of benzene rings is 1. The van der Waals surface area contributed by atoms with Crippen LogP contribution in [-0.2, 0) is 19.7 Å². The SMILES string of the molecule is CCCCCCCCCCCOCCCOC(=O)C(=NO)C1=NCC(CCC)(CCC)c2c(C)cccc21. The Morgan fingerprint density at radius 2 is 1.53 bits per heavy atom. The number of rotatable bonds is 20. The zero-order chi connectivity index (χ0) is 27.6. The van der Waals surface area contributed by atoms with Gasteiger partial charge in [0.1, 0.15) is 5.71 Å². The second kappa shape index (κ2) is 18.1. The van der Waals surface area contributed by atoms with Crippen LogP contribution in [0.3, 0.4) is 0 Å². The Labute approximate surface area is 231 Å². The van der Waals surface area contributed by atoms with Crippen LogP contribution < -0.4 is 0 Å². The molecule has 0 atom stereocenters. The Hall–Kier alpha value is -2.21. The molecular formula is C32H52N2O4. The van der Waals surface area contributed by atoms with Gasteiger partial charge < -0.3 is 14.7 Å². The summed E-state index contributed by atoms with van der Waals surface area (Å²) < 4.78 is 11.2. The van der Waals surface area contributed by atoms with Gasteiger partial charge in [0, 0.05) is 37.2 Å². The Morgan fingerprint density at radius 3 is 2.16 bits per heavy atom. The van der Waals surface area contributed by atoms with Crippen LogP contribution in [-0.4, -0.2) is 49.0 Å². The maximum absolute atomic E-state index is 12.9. The van der Waals surface area contributed by atoms with Gasteiger partial charge in [-0.15, -0.1) is 0 Å². The number of carbonyl (C=O) groups excluding carboxylic acids is 1. The minimum atomic E-state index is -0.642. The van der Waals surface area contributed by atoms with E-state index < -0.39 is 5.97 Å². The normalized spacial score (nSPS) is 14.7. The average Bonchev–Trinajstić information content (AvgIpc) is 2.91. The second-order valence-corrected chi connectivity index (χ2v) is 10.8. The topological polar surface area (TPSA) is 80.5 Å². The number of fused-ring (bicyclic) bond motifs is 1. The molecule has 1 aromatic carbocycles. The van der Waals surface area contributed by atoms with Crippen molar-refractivity contribution in [3.8, 4) is 0 Å². The predicted octanol–water partition coefficient (Wildman–Crippen LogP) is 7.95. The van der Waals surface area contributed by atoms with E-state index in [-0.39, 0.29) is 17.7 Å². The highest BCUT2D eigenvalue weighted by Gasteiger charge is 2.39. The van der Waals surface area contributed by atoms with Crippen molar-refractivity contribution in [2.45, 2.75) is 123 Å². The number of aliphatic imine (C=N–C) groups is 1. The van der Waals surface area contributed by atoms with Gasteiger partial charge in [-0.25, -0.2) is 4.79 Å². The summed E-state index contributed by atoms with van der Waals surface area (Å²) in [7, 11) is 0. The lowest BCUT2D eigenvalue weighted by molar-refractivity contribution is -0.135. The van der Waals surface area contributed by atoms with Crippen molar-refractivity contribution < 1.29 is 19.5 Å². The van der Waals surface area contributed by atoms with Crippen LogP contribution in [0.5, 0.6) is 0 Å². The molecule has 0 aliphatic carbocycles. The Kier molecular flexibility index (Phi) is 15.3. The maximum atomic E-state index is 12.9. The molecule has 1 aromatic rings. The first kappa shape index (κ1) is 32.0. The molecule has 0 unspecified atom stereocenters. The number of aryl methyl sites for hydroxylation is 1. The first-order valence-electron chi connectivity index (χ1n) is 15.2.